The monoisotopic (exact) mass is 199 g/mol. The summed E-state index contributed by atoms with van der Waals surface area (Å²) < 4.78 is 0. The van der Waals surface area contributed by atoms with Gasteiger partial charge in [-0.1, -0.05) is 30.3 Å². The summed E-state index contributed by atoms with van der Waals surface area (Å²) in [5, 5.41) is 9.89. The Morgan fingerprint density at radius 1 is 1.27 bits per heavy atom. The number of benzene rings is 1. The van der Waals surface area contributed by atoms with Crippen molar-refractivity contribution in [3.8, 4) is 0 Å². The highest BCUT2D eigenvalue weighted by atomic mass is 16.3. The molecular weight excluding hydrogens is 185 g/mol. The largest absolute Gasteiger partial charge is 0.519 e. The van der Waals surface area contributed by atoms with Gasteiger partial charge in [0.25, 0.3) is 0 Å². The number of nitrogens with zero attached hydrogens (tertiary/aromatic N) is 1. The first-order valence-electron chi connectivity index (χ1n) is 5.21. The molecule has 0 unspecified atom stereocenters. The molecule has 1 aromatic carbocycles. The van der Waals surface area contributed by atoms with Crippen molar-refractivity contribution in [1.82, 2.24) is 4.81 Å². The minimum absolute atomic E-state index is 0.0267. The van der Waals surface area contributed by atoms with Crippen molar-refractivity contribution in [2.45, 2.75) is 6.92 Å². The second-order valence-electron chi connectivity index (χ2n) is 3.58. The van der Waals surface area contributed by atoms with Crippen LogP contribution >= 0.6 is 0 Å². The van der Waals surface area contributed by atoms with Crippen LogP contribution in [0, 0.1) is 0 Å². The molecule has 0 amide bonds. The second kappa shape index (κ2) is 4.26. The fraction of sp³-hybridized carbons (Fsp3) is 0.167. The molecule has 76 valence electrons. The van der Waals surface area contributed by atoms with E-state index in [1.54, 1.807) is 6.08 Å². The zero-order valence-electron chi connectivity index (χ0n) is 8.80. The highest BCUT2D eigenvalue weighted by Gasteiger charge is 2.28. The predicted molar refractivity (Wildman–Crippen MR) is 64.1 cm³/mol. The Bertz CT molecular complexity index is 386. The van der Waals surface area contributed by atoms with Crippen molar-refractivity contribution < 1.29 is 5.11 Å². The summed E-state index contributed by atoms with van der Waals surface area (Å²) in [4.78, 5) is 2.12. The summed E-state index contributed by atoms with van der Waals surface area (Å²) in [5.41, 5.74) is 1.53. The smallest absolute Gasteiger partial charge is 0.364 e. The van der Waals surface area contributed by atoms with Crippen LogP contribution in [0.3, 0.4) is 0 Å². The molecule has 0 aromatic heterocycles. The first kappa shape index (κ1) is 9.90. The lowest BCUT2D eigenvalue weighted by Crippen LogP contribution is -2.48. The van der Waals surface area contributed by atoms with Crippen LogP contribution in [0.15, 0.2) is 54.3 Å². The maximum atomic E-state index is 9.89. The molecule has 1 aliphatic rings. The molecular formula is C12H14BNO. The Kier molecular flexibility index (Phi) is 2.81. The lowest BCUT2D eigenvalue weighted by Gasteiger charge is -2.28. The summed E-state index contributed by atoms with van der Waals surface area (Å²) in [6.07, 6.45) is 5.64. The lowest BCUT2D eigenvalue weighted by atomic mass is 9.51. The molecule has 2 rings (SSSR count). The van der Waals surface area contributed by atoms with Crippen molar-refractivity contribution in [3.63, 3.8) is 0 Å². The number of rotatable bonds is 2. The zero-order chi connectivity index (χ0) is 10.7. The summed E-state index contributed by atoms with van der Waals surface area (Å²) in [6, 6.07) is 10.1. The van der Waals surface area contributed by atoms with Crippen LogP contribution < -0.4 is 5.46 Å². The third-order valence-corrected chi connectivity index (χ3v) is 2.64. The highest BCUT2D eigenvalue weighted by molar-refractivity contribution is 6.77. The van der Waals surface area contributed by atoms with E-state index in [0.29, 0.717) is 5.66 Å². The van der Waals surface area contributed by atoms with E-state index >= 15 is 0 Å². The van der Waals surface area contributed by atoms with Crippen molar-refractivity contribution in [3.05, 3.63) is 54.3 Å². The Morgan fingerprint density at radius 2 is 2.00 bits per heavy atom. The molecule has 2 nitrogen and oxygen atoms in total. The average molecular weight is 199 g/mol. The average Bonchev–Trinajstić information content (AvgIpc) is 2.29. The molecule has 0 saturated heterocycles. The van der Waals surface area contributed by atoms with E-state index in [9.17, 15) is 5.11 Å². The van der Waals surface area contributed by atoms with Crippen LogP contribution in [-0.2, 0) is 0 Å². The standard InChI is InChI=1S/C12H14BNO/c1-2-14-10-6-9-12(15)13(14)11-7-4-3-5-8-11/h3-10,15H,2H2,1H3. The van der Waals surface area contributed by atoms with Gasteiger partial charge in [0.05, 0.1) is 5.66 Å². The minimum Gasteiger partial charge on any atom is -0.519 e. The number of aliphatic hydroxyl groups excluding tert-OH is 1. The van der Waals surface area contributed by atoms with E-state index in [2.05, 4.69) is 11.7 Å². The number of allylic oxidation sites excluding steroid dienone is 2. The summed E-state index contributed by atoms with van der Waals surface area (Å²) in [7, 11) is 0. The van der Waals surface area contributed by atoms with E-state index in [-0.39, 0.29) is 6.85 Å². The van der Waals surface area contributed by atoms with Gasteiger partial charge < -0.3 is 9.92 Å². The van der Waals surface area contributed by atoms with Gasteiger partial charge in [0, 0.05) is 6.54 Å². The van der Waals surface area contributed by atoms with Crippen molar-refractivity contribution in [2.75, 3.05) is 6.54 Å². The van der Waals surface area contributed by atoms with Crippen molar-refractivity contribution >= 4 is 12.3 Å². The van der Waals surface area contributed by atoms with Crippen LogP contribution in [0.25, 0.3) is 0 Å². The van der Waals surface area contributed by atoms with E-state index in [4.69, 9.17) is 0 Å². The van der Waals surface area contributed by atoms with E-state index < -0.39 is 0 Å². The summed E-state index contributed by atoms with van der Waals surface area (Å²) in [6.45, 7) is 2.94. The van der Waals surface area contributed by atoms with Gasteiger partial charge in [-0.25, -0.2) is 0 Å². The maximum absolute atomic E-state index is 9.89. The number of hydrogen-bond donors (Lipinski definition) is 1. The Balaban J connectivity index is 2.34. The quantitative estimate of drug-likeness (QED) is 0.733. The van der Waals surface area contributed by atoms with Crippen LogP contribution in [0.2, 0.25) is 0 Å². The molecule has 1 heterocycles. The molecule has 3 heteroatoms. The Morgan fingerprint density at radius 3 is 2.67 bits per heavy atom. The van der Waals surface area contributed by atoms with Gasteiger partial charge in [0.15, 0.2) is 0 Å². The van der Waals surface area contributed by atoms with Gasteiger partial charge in [-0.15, -0.1) is 0 Å². The minimum atomic E-state index is -0.0267. The number of aliphatic hydroxyl groups is 1. The molecule has 0 saturated carbocycles. The van der Waals surface area contributed by atoms with E-state index in [1.807, 2.05) is 42.6 Å². The normalized spacial score (nSPS) is 15.4. The molecule has 1 aliphatic heterocycles. The third kappa shape index (κ3) is 1.91. The first-order chi connectivity index (χ1) is 7.33. The Labute approximate surface area is 90.6 Å². The third-order valence-electron chi connectivity index (χ3n) is 2.64. The van der Waals surface area contributed by atoms with Gasteiger partial charge in [0.2, 0.25) is 0 Å². The van der Waals surface area contributed by atoms with Gasteiger partial charge in [0.1, 0.15) is 0 Å². The topological polar surface area (TPSA) is 23.5 Å². The molecule has 0 aliphatic carbocycles. The number of hydrogen-bond acceptors (Lipinski definition) is 2. The van der Waals surface area contributed by atoms with Crippen LogP contribution in [0.1, 0.15) is 6.92 Å². The van der Waals surface area contributed by atoms with Crippen LogP contribution in [0.5, 0.6) is 0 Å². The highest BCUT2D eigenvalue weighted by Crippen LogP contribution is 2.10. The molecule has 1 aromatic rings. The molecule has 0 atom stereocenters. The maximum Gasteiger partial charge on any atom is 0.364 e. The van der Waals surface area contributed by atoms with Crippen LogP contribution in [0.4, 0.5) is 0 Å². The van der Waals surface area contributed by atoms with Gasteiger partial charge in [-0.3, -0.25) is 0 Å². The molecule has 0 radical (unpaired) electrons. The van der Waals surface area contributed by atoms with E-state index in [1.165, 1.54) is 0 Å². The molecule has 1 N–H and O–H groups in total. The Hall–Kier alpha value is -1.64. The molecule has 0 fully saturated rings. The fourth-order valence-electron chi connectivity index (χ4n) is 1.88. The SMILES string of the molecule is CCN1C=CC=C(O)B1c1ccccc1. The second-order valence-corrected chi connectivity index (χ2v) is 3.58. The predicted octanol–water partition coefficient (Wildman–Crippen LogP) is 1.72. The van der Waals surface area contributed by atoms with Gasteiger partial charge in [-0.05, 0) is 30.7 Å². The van der Waals surface area contributed by atoms with Crippen molar-refractivity contribution in [2.24, 2.45) is 0 Å². The lowest BCUT2D eigenvalue weighted by molar-refractivity contribution is 0.432. The molecule has 0 spiro atoms. The van der Waals surface area contributed by atoms with Gasteiger partial charge in [-0.2, -0.15) is 0 Å². The molecule has 0 bridgehead atoms. The zero-order valence-corrected chi connectivity index (χ0v) is 8.80. The molecule has 15 heavy (non-hydrogen) atoms. The fourth-order valence-corrected chi connectivity index (χ4v) is 1.88. The summed E-state index contributed by atoms with van der Waals surface area (Å²) in [5.74, 6) is 0. The van der Waals surface area contributed by atoms with Crippen LogP contribution in [-0.4, -0.2) is 23.3 Å². The first-order valence-corrected chi connectivity index (χ1v) is 5.21. The van der Waals surface area contributed by atoms with Gasteiger partial charge >= 0.3 is 6.85 Å². The summed E-state index contributed by atoms with van der Waals surface area (Å²) >= 11 is 0. The van der Waals surface area contributed by atoms with Crippen molar-refractivity contribution in [1.29, 1.82) is 0 Å². The van der Waals surface area contributed by atoms with E-state index in [0.717, 1.165) is 12.0 Å².